The fraction of sp³-hybridized carbons (Fsp3) is 0.800. The number of nitrogens with zero attached hydrogens (tertiary/aromatic N) is 4. The molecule has 2 atom stereocenters. The number of ether oxygens (including phenoxy) is 1. The molecule has 1 aromatic heterocycles. The topological polar surface area (TPSA) is 60.2 Å². The second-order valence-corrected chi connectivity index (χ2v) is 6.13. The van der Waals surface area contributed by atoms with E-state index in [1.807, 2.05) is 23.4 Å². The van der Waals surface area contributed by atoms with Crippen LogP contribution in [0.25, 0.3) is 0 Å². The molecular formula is C15H24N4O2. The molecule has 1 aromatic rings. The molecule has 2 saturated heterocycles. The number of carbonyl (C=O) groups is 1. The highest BCUT2D eigenvalue weighted by molar-refractivity contribution is 5.76. The second kappa shape index (κ2) is 6.13. The van der Waals surface area contributed by atoms with Gasteiger partial charge in [0.25, 0.3) is 0 Å². The Labute approximate surface area is 125 Å². The van der Waals surface area contributed by atoms with Crippen molar-refractivity contribution in [3.8, 4) is 0 Å². The number of amides is 1. The second-order valence-electron chi connectivity index (χ2n) is 6.13. The lowest BCUT2D eigenvalue weighted by atomic mass is 10.0. The van der Waals surface area contributed by atoms with Crippen molar-refractivity contribution in [3.05, 3.63) is 11.6 Å². The molecule has 3 heterocycles. The zero-order valence-electron chi connectivity index (χ0n) is 12.9. The van der Waals surface area contributed by atoms with Gasteiger partial charge in [-0.3, -0.25) is 4.79 Å². The smallest absolute Gasteiger partial charge is 0.225 e. The number of rotatable bonds is 3. The van der Waals surface area contributed by atoms with Crippen molar-refractivity contribution in [1.29, 1.82) is 0 Å². The van der Waals surface area contributed by atoms with Crippen molar-refractivity contribution in [2.75, 3.05) is 19.7 Å². The van der Waals surface area contributed by atoms with E-state index in [4.69, 9.17) is 4.74 Å². The van der Waals surface area contributed by atoms with Crippen molar-refractivity contribution < 1.29 is 9.53 Å². The Hall–Kier alpha value is -1.43. The fourth-order valence-corrected chi connectivity index (χ4v) is 3.39. The number of aromatic nitrogens is 3. The molecule has 6 heteroatoms. The van der Waals surface area contributed by atoms with Crippen LogP contribution in [0.3, 0.4) is 0 Å². The number of piperidine rings is 1. The van der Waals surface area contributed by atoms with E-state index in [-0.39, 0.29) is 18.1 Å². The number of likely N-dealkylation sites (tertiary alicyclic amines) is 1. The van der Waals surface area contributed by atoms with Crippen LogP contribution in [-0.2, 0) is 9.53 Å². The Kier molecular flexibility index (Phi) is 4.24. The van der Waals surface area contributed by atoms with Crippen LogP contribution in [0.15, 0.2) is 0 Å². The van der Waals surface area contributed by atoms with Crippen LogP contribution >= 0.6 is 0 Å². The molecule has 2 fully saturated rings. The first kappa shape index (κ1) is 14.5. The van der Waals surface area contributed by atoms with E-state index in [1.165, 1.54) is 0 Å². The summed E-state index contributed by atoms with van der Waals surface area (Å²) in [5, 5.41) is 4.47. The van der Waals surface area contributed by atoms with Gasteiger partial charge >= 0.3 is 0 Å². The van der Waals surface area contributed by atoms with E-state index >= 15 is 0 Å². The first-order chi connectivity index (χ1) is 10.1. The molecule has 3 rings (SSSR count). The van der Waals surface area contributed by atoms with E-state index in [0.29, 0.717) is 6.42 Å². The van der Waals surface area contributed by atoms with Crippen LogP contribution < -0.4 is 0 Å². The van der Waals surface area contributed by atoms with E-state index in [1.54, 1.807) is 0 Å². The zero-order chi connectivity index (χ0) is 14.8. The normalized spacial score (nSPS) is 26.3. The molecule has 0 aliphatic carbocycles. The van der Waals surface area contributed by atoms with Crippen LogP contribution in [-0.4, -0.2) is 51.4 Å². The molecule has 0 aromatic carbocycles. The zero-order valence-corrected chi connectivity index (χ0v) is 12.9. The summed E-state index contributed by atoms with van der Waals surface area (Å²) < 4.78 is 7.56. The number of carbonyl (C=O) groups excluding carboxylic acids is 1. The van der Waals surface area contributed by atoms with Crippen LogP contribution in [0, 0.1) is 13.8 Å². The highest BCUT2D eigenvalue weighted by atomic mass is 16.5. The van der Waals surface area contributed by atoms with Gasteiger partial charge in [0.05, 0.1) is 18.6 Å². The minimum absolute atomic E-state index is 0.133. The van der Waals surface area contributed by atoms with E-state index in [0.717, 1.165) is 57.0 Å². The summed E-state index contributed by atoms with van der Waals surface area (Å²) in [5.41, 5.74) is 0. The van der Waals surface area contributed by atoms with Crippen molar-refractivity contribution in [2.24, 2.45) is 0 Å². The maximum Gasteiger partial charge on any atom is 0.225 e. The molecule has 116 valence electrons. The lowest BCUT2D eigenvalue weighted by molar-refractivity contribution is -0.135. The summed E-state index contributed by atoms with van der Waals surface area (Å²) in [5.74, 6) is 1.96. The molecule has 2 aliphatic rings. The largest absolute Gasteiger partial charge is 0.378 e. The SMILES string of the molecule is Cc1nc(C)n([C@@H]2CCCN(C(=O)C[C@@H]3CCCO3)C2)n1. The van der Waals surface area contributed by atoms with Crippen LogP contribution in [0.5, 0.6) is 0 Å². The number of hydrogen-bond acceptors (Lipinski definition) is 4. The van der Waals surface area contributed by atoms with Gasteiger partial charge in [0.15, 0.2) is 0 Å². The molecule has 0 bridgehead atoms. The summed E-state index contributed by atoms with van der Waals surface area (Å²) in [4.78, 5) is 18.8. The summed E-state index contributed by atoms with van der Waals surface area (Å²) >= 11 is 0. The first-order valence-corrected chi connectivity index (χ1v) is 7.92. The minimum atomic E-state index is 0.133. The summed E-state index contributed by atoms with van der Waals surface area (Å²) in [6.45, 7) is 6.29. The van der Waals surface area contributed by atoms with Gasteiger partial charge in [0, 0.05) is 19.7 Å². The van der Waals surface area contributed by atoms with Crippen molar-refractivity contribution in [3.63, 3.8) is 0 Å². The standard InChI is InChI=1S/C15H24N4O2/c1-11-16-12(2)19(17-11)13-5-3-7-18(10-13)15(20)9-14-6-4-8-21-14/h13-14H,3-10H2,1-2H3/t13-,14+/m1/s1. The summed E-state index contributed by atoms with van der Waals surface area (Å²) in [6.07, 6.45) is 4.85. The Balaban J connectivity index is 1.62. The highest BCUT2D eigenvalue weighted by Crippen LogP contribution is 2.24. The predicted molar refractivity (Wildman–Crippen MR) is 77.9 cm³/mol. The third kappa shape index (κ3) is 3.26. The lowest BCUT2D eigenvalue weighted by Gasteiger charge is -2.33. The molecule has 2 aliphatic heterocycles. The summed E-state index contributed by atoms with van der Waals surface area (Å²) in [7, 11) is 0. The van der Waals surface area contributed by atoms with Gasteiger partial charge in [-0.25, -0.2) is 9.67 Å². The minimum Gasteiger partial charge on any atom is -0.378 e. The highest BCUT2D eigenvalue weighted by Gasteiger charge is 2.28. The molecule has 0 N–H and O–H groups in total. The van der Waals surface area contributed by atoms with Gasteiger partial charge in [-0.15, -0.1) is 0 Å². The average Bonchev–Trinajstić information content (AvgIpc) is 3.08. The van der Waals surface area contributed by atoms with Gasteiger partial charge in [0.2, 0.25) is 5.91 Å². The monoisotopic (exact) mass is 292 g/mol. The Morgan fingerprint density at radius 2 is 2.19 bits per heavy atom. The first-order valence-electron chi connectivity index (χ1n) is 7.92. The van der Waals surface area contributed by atoms with Gasteiger partial charge < -0.3 is 9.64 Å². The molecule has 0 unspecified atom stereocenters. The Morgan fingerprint density at radius 3 is 2.86 bits per heavy atom. The Morgan fingerprint density at radius 1 is 1.33 bits per heavy atom. The third-order valence-electron chi connectivity index (χ3n) is 4.43. The average molecular weight is 292 g/mol. The van der Waals surface area contributed by atoms with Gasteiger partial charge in [-0.2, -0.15) is 5.10 Å². The Bertz CT molecular complexity index is 508. The van der Waals surface area contributed by atoms with E-state index in [2.05, 4.69) is 10.1 Å². The molecule has 0 radical (unpaired) electrons. The number of aryl methyl sites for hydroxylation is 2. The molecule has 0 spiro atoms. The van der Waals surface area contributed by atoms with Crippen molar-refractivity contribution >= 4 is 5.91 Å². The van der Waals surface area contributed by atoms with Crippen LogP contribution in [0.4, 0.5) is 0 Å². The maximum atomic E-state index is 12.4. The third-order valence-corrected chi connectivity index (χ3v) is 4.43. The molecule has 21 heavy (non-hydrogen) atoms. The van der Waals surface area contributed by atoms with Gasteiger partial charge in [-0.1, -0.05) is 0 Å². The molecular weight excluding hydrogens is 268 g/mol. The van der Waals surface area contributed by atoms with E-state index in [9.17, 15) is 4.79 Å². The molecule has 1 amide bonds. The van der Waals surface area contributed by atoms with Gasteiger partial charge in [0.1, 0.15) is 11.6 Å². The quantitative estimate of drug-likeness (QED) is 0.849. The fourth-order valence-electron chi connectivity index (χ4n) is 3.39. The van der Waals surface area contributed by atoms with E-state index < -0.39 is 0 Å². The number of hydrogen-bond donors (Lipinski definition) is 0. The van der Waals surface area contributed by atoms with Gasteiger partial charge in [-0.05, 0) is 39.5 Å². The molecule has 6 nitrogen and oxygen atoms in total. The predicted octanol–water partition coefficient (Wildman–Crippen LogP) is 1.63. The van der Waals surface area contributed by atoms with Crippen molar-refractivity contribution in [1.82, 2.24) is 19.7 Å². The lowest BCUT2D eigenvalue weighted by Crippen LogP contribution is -2.42. The summed E-state index contributed by atoms with van der Waals surface area (Å²) in [6, 6.07) is 0.258. The van der Waals surface area contributed by atoms with Crippen molar-refractivity contribution in [2.45, 2.75) is 58.1 Å². The molecule has 0 saturated carbocycles. The maximum absolute atomic E-state index is 12.4. The van der Waals surface area contributed by atoms with Crippen LogP contribution in [0.1, 0.15) is 49.8 Å². The van der Waals surface area contributed by atoms with Crippen LogP contribution in [0.2, 0.25) is 0 Å².